The van der Waals surface area contributed by atoms with Crippen LogP contribution in [0.1, 0.15) is 84.0 Å². The van der Waals surface area contributed by atoms with E-state index in [1.54, 1.807) is 6.08 Å². The van der Waals surface area contributed by atoms with Crippen LogP contribution in [0.3, 0.4) is 0 Å². The maximum Gasteiger partial charge on any atom is 0.469 e. The summed E-state index contributed by atoms with van der Waals surface area (Å²) >= 11 is 0. The van der Waals surface area contributed by atoms with Gasteiger partial charge in [0.2, 0.25) is 0 Å². The van der Waals surface area contributed by atoms with Crippen LogP contribution in [0.5, 0.6) is 0 Å². The summed E-state index contributed by atoms with van der Waals surface area (Å²) in [5.74, 6) is 0. The summed E-state index contributed by atoms with van der Waals surface area (Å²) in [6, 6.07) is -0.846. The van der Waals surface area contributed by atoms with E-state index in [4.69, 9.17) is 15.5 Å². The number of phosphoric acid groups is 1. The topological polar surface area (TPSA) is 113 Å². The SMILES string of the molecule is CCCCCCCCCCCCC/C=C\[C@@H](O)[C@@H](N)COP(=O)(O)O. The number of phosphoric ester groups is 1. The van der Waals surface area contributed by atoms with Crippen molar-refractivity contribution in [3.63, 3.8) is 0 Å². The highest BCUT2D eigenvalue weighted by molar-refractivity contribution is 7.46. The molecule has 0 spiro atoms. The first-order valence-electron chi connectivity index (χ1n) is 9.67. The van der Waals surface area contributed by atoms with Gasteiger partial charge < -0.3 is 20.6 Å². The van der Waals surface area contributed by atoms with Gasteiger partial charge in [-0.15, -0.1) is 0 Å². The largest absolute Gasteiger partial charge is 0.469 e. The van der Waals surface area contributed by atoms with Gasteiger partial charge in [0.05, 0.1) is 18.8 Å². The number of nitrogens with two attached hydrogens (primary N) is 1. The Morgan fingerprint density at radius 2 is 1.44 bits per heavy atom. The summed E-state index contributed by atoms with van der Waals surface area (Å²) in [4.78, 5) is 17.2. The molecule has 2 atom stereocenters. The fourth-order valence-electron chi connectivity index (χ4n) is 2.59. The average Bonchev–Trinajstić information content (AvgIpc) is 2.56. The molecule has 6 nitrogen and oxygen atoms in total. The van der Waals surface area contributed by atoms with Crippen LogP contribution in [0.2, 0.25) is 0 Å². The molecule has 0 aliphatic heterocycles. The Hall–Kier alpha value is -0.230. The molecule has 0 saturated heterocycles. The summed E-state index contributed by atoms with van der Waals surface area (Å²) in [5.41, 5.74) is 5.60. The highest BCUT2D eigenvalue weighted by atomic mass is 31.2. The predicted octanol–water partition coefficient (Wildman–Crippen LogP) is 4.04. The van der Waals surface area contributed by atoms with Gasteiger partial charge in [0.15, 0.2) is 0 Å². The number of aliphatic hydroxyl groups is 1. The van der Waals surface area contributed by atoms with Crippen LogP contribution < -0.4 is 5.73 Å². The van der Waals surface area contributed by atoms with Crippen LogP contribution in [0.15, 0.2) is 12.2 Å². The molecule has 25 heavy (non-hydrogen) atoms. The molecule has 150 valence electrons. The molecular formula is C18H38NO5P. The molecule has 0 amide bonds. The maximum absolute atomic E-state index is 10.6. The van der Waals surface area contributed by atoms with Crippen molar-refractivity contribution in [3.8, 4) is 0 Å². The molecule has 0 aliphatic carbocycles. The molecule has 0 fully saturated rings. The minimum Gasteiger partial charge on any atom is -0.387 e. The number of hydrogen-bond donors (Lipinski definition) is 4. The lowest BCUT2D eigenvalue weighted by atomic mass is 10.0. The number of allylic oxidation sites excluding steroid dienone is 1. The Morgan fingerprint density at radius 1 is 0.960 bits per heavy atom. The Labute approximate surface area is 153 Å². The van der Waals surface area contributed by atoms with Crippen molar-refractivity contribution in [2.75, 3.05) is 6.61 Å². The lowest BCUT2D eigenvalue weighted by Crippen LogP contribution is -2.37. The Balaban J connectivity index is 3.46. The van der Waals surface area contributed by atoms with E-state index < -0.39 is 20.0 Å². The monoisotopic (exact) mass is 379 g/mol. The van der Waals surface area contributed by atoms with E-state index in [1.807, 2.05) is 6.08 Å². The number of aliphatic hydroxyl groups excluding tert-OH is 1. The zero-order chi connectivity index (χ0) is 19.0. The fraction of sp³-hybridized carbons (Fsp3) is 0.889. The standard InChI is InChI=1S/C18H38NO5P/c1-2-3-4-5-6-7-8-9-10-11-12-13-14-15-18(20)17(19)16-24-25(21,22)23/h14-15,17-18,20H,2-13,16,19H2,1H3,(H2,21,22,23)/b15-14-/t17-,18+/m0/s1. The van der Waals surface area contributed by atoms with Crippen LogP contribution in [0.25, 0.3) is 0 Å². The van der Waals surface area contributed by atoms with Gasteiger partial charge in [0.25, 0.3) is 0 Å². The van der Waals surface area contributed by atoms with Crippen molar-refractivity contribution < 1.29 is 24.0 Å². The molecular weight excluding hydrogens is 341 g/mol. The second kappa shape index (κ2) is 16.0. The first-order chi connectivity index (χ1) is 11.9. The average molecular weight is 379 g/mol. The fourth-order valence-corrected chi connectivity index (χ4v) is 2.95. The Morgan fingerprint density at radius 3 is 1.92 bits per heavy atom. The van der Waals surface area contributed by atoms with Crippen LogP contribution >= 0.6 is 7.82 Å². The summed E-state index contributed by atoms with van der Waals surface area (Å²) < 4.78 is 14.8. The van der Waals surface area contributed by atoms with Gasteiger partial charge in [0.1, 0.15) is 0 Å². The summed E-state index contributed by atoms with van der Waals surface area (Å²) in [6.45, 7) is 1.86. The van der Waals surface area contributed by atoms with E-state index in [2.05, 4.69) is 11.4 Å². The number of hydrogen-bond acceptors (Lipinski definition) is 4. The third-order valence-electron chi connectivity index (χ3n) is 4.18. The van der Waals surface area contributed by atoms with Crippen molar-refractivity contribution >= 4 is 7.82 Å². The number of unbranched alkanes of at least 4 members (excludes halogenated alkanes) is 11. The minimum absolute atomic E-state index is 0.381. The molecule has 0 saturated carbocycles. The molecule has 0 aromatic carbocycles. The molecule has 0 unspecified atom stereocenters. The van der Waals surface area contributed by atoms with Crippen molar-refractivity contribution in [2.24, 2.45) is 5.73 Å². The lowest BCUT2D eigenvalue weighted by molar-refractivity contribution is 0.129. The van der Waals surface area contributed by atoms with Crippen LogP contribution in [-0.2, 0) is 9.09 Å². The molecule has 0 aliphatic rings. The van der Waals surface area contributed by atoms with Crippen molar-refractivity contribution in [3.05, 3.63) is 12.2 Å². The predicted molar refractivity (Wildman–Crippen MR) is 102 cm³/mol. The van der Waals surface area contributed by atoms with Gasteiger partial charge in [-0.2, -0.15) is 0 Å². The molecule has 5 N–H and O–H groups in total. The van der Waals surface area contributed by atoms with Gasteiger partial charge in [0, 0.05) is 0 Å². The summed E-state index contributed by atoms with van der Waals surface area (Å²) in [5, 5.41) is 9.75. The van der Waals surface area contributed by atoms with Crippen LogP contribution in [-0.4, -0.2) is 33.6 Å². The highest BCUT2D eigenvalue weighted by Crippen LogP contribution is 2.35. The smallest absolute Gasteiger partial charge is 0.387 e. The van der Waals surface area contributed by atoms with E-state index in [1.165, 1.54) is 64.2 Å². The molecule has 0 rings (SSSR count). The third-order valence-corrected chi connectivity index (χ3v) is 4.67. The zero-order valence-corrected chi connectivity index (χ0v) is 16.6. The van der Waals surface area contributed by atoms with Gasteiger partial charge >= 0.3 is 7.82 Å². The Bertz CT molecular complexity index is 372. The zero-order valence-electron chi connectivity index (χ0n) is 15.7. The van der Waals surface area contributed by atoms with Crippen molar-refractivity contribution in [1.29, 1.82) is 0 Å². The number of rotatable bonds is 17. The summed E-state index contributed by atoms with van der Waals surface area (Å²) in [6.07, 6.45) is 17.6. The van der Waals surface area contributed by atoms with E-state index in [9.17, 15) is 9.67 Å². The second-order valence-electron chi connectivity index (χ2n) is 6.69. The Kier molecular flexibility index (Phi) is 15.8. The second-order valence-corrected chi connectivity index (χ2v) is 7.93. The van der Waals surface area contributed by atoms with E-state index >= 15 is 0 Å². The molecule has 0 radical (unpaired) electrons. The van der Waals surface area contributed by atoms with E-state index in [0.29, 0.717) is 0 Å². The molecule has 0 aromatic rings. The quantitative estimate of drug-likeness (QED) is 0.172. The molecule has 0 heterocycles. The third kappa shape index (κ3) is 18.4. The lowest BCUT2D eigenvalue weighted by Gasteiger charge is -2.15. The first kappa shape index (κ1) is 24.8. The molecule has 0 bridgehead atoms. The van der Waals surface area contributed by atoms with E-state index in [0.717, 1.165) is 12.8 Å². The molecule has 0 aromatic heterocycles. The van der Waals surface area contributed by atoms with Gasteiger partial charge in [-0.05, 0) is 12.8 Å². The highest BCUT2D eigenvalue weighted by Gasteiger charge is 2.19. The normalized spacial score (nSPS) is 14.9. The summed E-state index contributed by atoms with van der Waals surface area (Å²) in [7, 11) is -4.53. The molecule has 7 heteroatoms. The first-order valence-corrected chi connectivity index (χ1v) is 11.2. The van der Waals surface area contributed by atoms with Crippen molar-refractivity contribution in [2.45, 2.75) is 96.1 Å². The van der Waals surface area contributed by atoms with Gasteiger partial charge in [-0.3, -0.25) is 4.52 Å². The van der Waals surface area contributed by atoms with Crippen molar-refractivity contribution in [1.82, 2.24) is 0 Å². The van der Waals surface area contributed by atoms with Gasteiger partial charge in [-0.1, -0.05) is 83.3 Å². The van der Waals surface area contributed by atoms with Crippen LogP contribution in [0.4, 0.5) is 0 Å². The van der Waals surface area contributed by atoms with E-state index in [-0.39, 0.29) is 6.61 Å². The maximum atomic E-state index is 10.6. The van der Waals surface area contributed by atoms with Crippen LogP contribution in [0, 0.1) is 0 Å². The minimum atomic E-state index is -4.53. The van der Waals surface area contributed by atoms with Gasteiger partial charge in [-0.25, -0.2) is 4.57 Å².